The zero-order valence-corrected chi connectivity index (χ0v) is 12.0. The Morgan fingerprint density at radius 2 is 1.79 bits per heavy atom. The number of amides is 1. The van der Waals surface area contributed by atoms with Gasteiger partial charge in [0.15, 0.2) is 0 Å². The second-order valence-corrected chi connectivity index (χ2v) is 5.24. The zero-order valence-electron chi connectivity index (χ0n) is 12.0. The van der Waals surface area contributed by atoms with Gasteiger partial charge in [0.05, 0.1) is 0 Å². The third-order valence-electron chi connectivity index (χ3n) is 2.86. The van der Waals surface area contributed by atoms with Gasteiger partial charge in [-0.25, -0.2) is 4.79 Å². The third-order valence-corrected chi connectivity index (χ3v) is 2.86. The van der Waals surface area contributed by atoms with E-state index in [4.69, 9.17) is 4.74 Å². The van der Waals surface area contributed by atoms with Gasteiger partial charge in [-0.15, -0.1) is 0 Å². The van der Waals surface area contributed by atoms with Gasteiger partial charge < -0.3 is 15.2 Å². The monoisotopic (exact) mass is 265 g/mol. The van der Waals surface area contributed by atoms with Gasteiger partial charge in [0, 0.05) is 6.04 Å². The van der Waals surface area contributed by atoms with Crippen molar-refractivity contribution in [2.75, 3.05) is 0 Å². The number of carbonyl (C=O) groups excluding carboxylic acids is 1. The van der Waals surface area contributed by atoms with Crippen LogP contribution in [0.5, 0.6) is 5.75 Å². The van der Waals surface area contributed by atoms with E-state index in [9.17, 15) is 9.90 Å². The second-order valence-electron chi connectivity index (χ2n) is 5.24. The molecule has 1 aromatic carbocycles. The van der Waals surface area contributed by atoms with Gasteiger partial charge in [-0.05, 0) is 50.8 Å². The highest BCUT2D eigenvalue weighted by molar-refractivity contribution is 5.67. The number of benzene rings is 1. The van der Waals surface area contributed by atoms with Gasteiger partial charge in [0.1, 0.15) is 11.9 Å². The average molecular weight is 265 g/mol. The highest BCUT2D eigenvalue weighted by Crippen LogP contribution is 2.23. The van der Waals surface area contributed by atoms with E-state index in [1.54, 1.807) is 12.1 Å². The van der Waals surface area contributed by atoms with Crippen LogP contribution in [0.25, 0.3) is 0 Å². The first-order valence-corrected chi connectivity index (χ1v) is 6.64. The Balaban J connectivity index is 2.45. The van der Waals surface area contributed by atoms with E-state index in [0.29, 0.717) is 0 Å². The molecule has 0 spiro atoms. The number of phenolic OH excluding ortho intramolecular Hbond substituents is 1. The summed E-state index contributed by atoms with van der Waals surface area (Å²) in [6, 6.07) is 7.20. The molecular weight excluding hydrogens is 242 g/mol. The first kappa shape index (κ1) is 15.3. The number of hydrogen-bond donors (Lipinski definition) is 2. The molecule has 0 radical (unpaired) electrons. The number of aromatic hydroxyl groups is 1. The molecule has 2 atom stereocenters. The summed E-state index contributed by atoms with van der Waals surface area (Å²) in [4.78, 5) is 11.5. The Morgan fingerprint density at radius 3 is 2.32 bits per heavy atom. The van der Waals surface area contributed by atoms with Crippen molar-refractivity contribution < 1.29 is 14.6 Å². The van der Waals surface area contributed by atoms with Gasteiger partial charge in [-0.1, -0.05) is 19.1 Å². The topological polar surface area (TPSA) is 58.6 Å². The molecule has 2 N–H and O–H groups in total. The van der Waals surface area contributed by atoms with E-state index < -0.39 is 0 Å². The maximum atomic E-state index is 11.5. The van der Waals surface area contributed by atoms with Crippen LogP contribution in [0, 0.1) is 0 Å². The van der Waals surface area contributed by atoms with Crippen molar-refractivity contribution in [3.8, 4) is 5.75 Å². The number of hydrogen-bond acceptors (Lipinski definition) is 3. The van der Waals surface area contributed by atoms with Crippen molar-refractivity contribution in [1.82, 2.24) is 5.32 Å². The summed E-state index contributed by atoms with van der Waals surface area (Å²) in [5.41, 5.74) is 1.12. The molecular formula is C15H23NO3. The first-order valence-electron chi connectivity index (χ1n) is 6.64. The maximum absolute atomic E-state index is 11.5. The van der Waals surface area contributed by atoms with Crippen molar-refractivity contribution >= 4 is 6.09 Å². The number of rotatable bonds is 5. The Kier molecular flexibility index (Phi) is 5.67. The van der Waals surface area contributed by atoms with Gasteiger partial charge in [0.25, 0.3) is 0 Å². The summed E-state index contributed by atoms with van der Waals surface area (Å²) >= 11 is 0. The van der Waals surface area contributed by atoms with Gasteiger partial charge in [-0.3, -0.25) is 0 Å². The normalized spacial score (nSPS) is 13.9. The largest absolute Gasteiger partial charge is 0.508 e. The summed E-state index contributed by atoms with van der Waals surface area (Å²) in [6.07, 6.45) is 0.221. The van der Waals surface area contributed by atoms with E-state index in [1.165, 1.54) is 0 Å². The lowest BCUT2D eigenvalue weighted by atomic mass is 9.95. The van der Waals surface area contributed by atoms with Crippen molar-refractivity contribution in [3.05, 3.63) is 29.8 Å². The molecule has 0 bridgehead atoms. The van der Waals surface area contributed by atoms with Crippen LogP contribution >= 0.6 is 0 Å². The summed E-state index contributed by atoms with van der Waals surface area (Å²) < 4.78 is 5.28. The van der Waals surface area contributed by atoms with Crippen LogP contribution in [0.1, 0.15) is 45.6 Å². The zero-order chi connectivity index (χ0) is 14.4. The van der Waals surface area contributed by atoms with Crippen LogP contribution in [0.4, 0.5) is 4.79 Å². The number of alkyl carbamates (subject to hydrolysis) is 1. The van der Waals surface area contributed by atoms with Crippen LogP contribution in [-0.4, -0.2) is 23.3 Å². The van der Waals surface area contributed by atoms with E-state index in [0.717, 1.165) is 12.0 Å². The van der Waals surface area contributed by atoms with Crippen molar-refractivity contribution in [2.45, 2.75) is 52.2 Å². The molecule has 0 aliphatic carbocycles. The van der Waals surface area contributed by atoms with Crippen LogP contribution in [0.3, 0.4) is 0 Å². The minimum Gasteiger partial charge on any atom is -0.508 e. The summed E-state index contributed by atoms with van der Waals surface area (Å²) in [5.74, 6) is 0.527. The van der Waals surface area contributed by atoms with E-state index in [1.807, 2.05) is 32.9 Å². The van der Waals surface area contributed by atoms with Crippen LogP contribution in [0.2, 0.25) is 0 Å². The Bertz CT molecular complexity index is 400. The molecule has 19 heavy (non-hydrogen) atoms. The fourth-order valence-electron chi connectivity index (χ4n) is 1.94. The lowest BCUT2D eigenvalue weighted by molar-refractivity contribution is 0.0971. The Labute approximate surface area is 114 Å². The quantitative estimate of drug-likeness (QED) is 0.857. The van der Waals surface area contributed by atoms with E-state index in [2.05, 4.69) is 12.2 Å². The predicted molar refractivity (Wildman–Crippen MR) is 75.4 cm³/mol. The van der Waals surface area contributed by atoms with E-state index in [-0.39, 0.29) is 29.9 Å². The van der Waals surface area contributed by atoms with Gasteiger partial charge in [0.2, 0.25) is 0 Å². The molecule has 0 saturated heterocycles. The number of phenols is 1. The van der Waals surface area contributed by atoms with E-state index >= 15 is 0 Å². The van der Waals surface area contributed by atoms with Gasteiger partial charge >= 0.3 is 6.09 Å². The Hall–Kier alpha value is -1.71. The van der Waals surface area contributed by atoms with Gasteiger partial charge in [-0.2, -0.15) is 0 Å². The lowest BCUT2D eigenvalue weighted by Crippen LogP contribution is -2.33. The fraction of sp³-hybridized carbons (Fsp3) is 0.533. The molecule has 0 fully saturated rings. The first-order chi connectivity index (χ1) is 8.88. The standard InChI is InChI=1S/C15H23NO3/c1-10(2)16-15(18)19-12(4)9-11(3)13-5-7-14(17)8-6-13/h5-8,10-12,17H,9H2,1-4H3,(H,16,18). The van der Waals surface area contributed by atoms with Crippen LogP contribution in [-0.2, 0) is 4.74 Å². The number of ether oxygens (including phenoxy) is 1. The molecule has 4 heteroatoms. The molecule has 0 aliphatic heterocycles. The summed E-state index contributed by atoms with van der Waals surface area (Å²) in [6.45, 7) is 7.75. The lowest BCUT2D eigenvalue weighted by Gasteiger charge is -2.19. The van der Waals surface area contributed by atoms with Crippen LogP contribution < -0.4 is 5.32 Å². The van der Waals surface area contributed by atoms with Crippen molar-refractivity contribution in [2.24, 2.45) is 0 Å². The smallest absolute Gasteiger partial charge is 0.407 e. The molecule has 1 aromatic rings. The second kappa shape index (κ2) is 7.02. The summed E-state index contributed by atoms with van der Waals surface area (Å²) in [7, 11) is 0. The summed E-state index contributed by atoms with van der Waals surface area (Å²) in [5, 5.41) is 11.9. The number of carbonyl (C=O) groups is 1. The fourth-order valence-corrected chi connectivity index (χ4v) is 1.94. The minimum atomic E-state index is -0.375. The molecule has 1 amide bonds. The highest BCUT2D eigenvalue weighted by atomic mass is 16.6. The molecule has 0 saturated carbocycles. The maximum Gasteiger partial charge on any atom is 0.407 e. The van der Waals surface area contributed by atoms with Crippen LogP contribution in [0.15, 0.2) is 24.3 Å². The third kappa shape index (κ3) is 5.64. The number of nitrogens with one attached hydrogen (secondary N) is 1. The Morgan fingerprint density at radius 1 is 1.21 bits per heavy atom. The van der Waals surface area contributed by atoms with Crippen molar-refractivity contribution in [1.29, 1.82) is 0 Å². The minimum absolute atomic E-state index is 0.0780. The molecule has 106 valence electrons. The molecule has 2 unspecified atom stereocenters. The molecule has 0 aromatic heterocycles. The molecule has 4 nitrogen and oxygen atoms in total. The SMILES string of the molecule is CC(C)NC(=O)OC(C)CC(C)c1ccc(O)cc1. The molecule has 1 rings (SSSR count). The molecule has 0 heterocycles. The highest BCUT2D eigenvalue weighted by Gasteiger charge is 2.15. The van der Waals surface area contributed by atoms with Crippen molar-refractivity contribution in [3.63, 3.8) is 0 Å². The average Bonchev–Trinajstić information content (AvgIpc) is 2.27. The molecule has 0 aliphatic rings. The predicted octanol–water partition coefficient (Wildman–Crippen LogP) is 3.41.